The Kier molecular flexibility index (Phi) is 6.78. The van der Waals surface area contributed by atoms with Crippen molar-refractivity contribution >= 4 is 62.0 Å². The van der Waals surface area contributed by atoms with Crippen LogP contribution in [0.15, 0.2) is 60.0 Å². The van der Waals surface area contributed by atoms with Gasteiger partial charge in [0.1, 0.15) is 9.71 Å². The smallest absolute Gasteiger partial charge is 0.267 e. The van der Waals surface area contributed by atoms with Crippen LogP contribution in [0.1, 0.15) is 50.4 Å². The lowest BCUT2D eigenvalue weighted by Crippen LogP contribution is -2.12. The number of anilines is 2. The zero-order valence-corrected chi connectivity index (χ0v) is 19.3. The molecule has 0 atom stereocenters. The standard InChI is InChI=1S/C25H23N3O2S2/c1-2-3-5-17-11-13-20-22(26)23(32-25(20)28-17)24(30)27-18-9-7-16(8-10-18)21(29)14-12-19-6-4-15-31-19/h4,6-15H,2-3,5,26H2,1H3,(H,27,30)/b14-12+. The average molecular weight is 462 g/mol. The van der Waals surface area contributed by atoms with Crippen LogP contribution in [0.2, 0.25) is 0 Å². The average Bonchev–Trinajstić information content (AvgIpc) is 3.44. The number of carbonyl (C=O) groups is 2. The third-order valence-corrected chi connectivity index (χ3v) is 6.97. The SMILES string of the molecule is CCCCc1ccc2c(N)c(C(=O)Nc3ccc(C(=O)/C=C/c4cccs4)cc3)sc2n1. The fourth-order valence-electron chi connectivity index (χ4n) is 3.25. The molecule has 0 aliphatic heterocycles. The number of benzene rings is 1. The number of allylic oxidation sites excluding steroid dienone is 1. The van der Waals surface area contributed by atoms with Crippen LogP contribution in [0.3, 0.4) is 0 Å². The van der Waals surface area contributed by atoms with Crippen LogP contribution in [0.25, 0.3) is 16.3 Å². The van der Waals surface area contributed by atoms with E-state index in [0.29, 0.717) is 21.8 Å². The predicted octanol–water partition coefficient (Wildman–Crippen LogP) is 6.43. The van der Waals surface area contributed by atoms with Crippen molar-refractivity contribution in [1.82, 2.24) is 4.98 Å². The molecule has 3 N–H and O–H groups in total. The highest BCUT2D eigenvalue weighted by Crippen LogP contribution is 2.33. The summed E-state index contributed by atoms with van der Waals surface area (Å²) in [4.78, 5) is 32.1. The molecule has 0 aliphatic rings. The Morgan fingerprint density at radius 2 is 1.94 bits per heavy atom. The van der Waals surface area contributed by atoms with Crippen LogP contribution in [0.5, 0.6) is 0 Å². The number of fused-ring (bicyclic) bond motifs is 1. The molecule has 0 unspecified atom stereocenters. The van der Waals surface area contributed by atoms with E-state index in [1.165, 1.54) is 11.3 Å². The van der Waals surface area contributed by atoms with Crippen molar-refractivity contribution in [3.05, 3.63) is 81.0 Å². The lowest BCUT2D eigenvalue weighted by atomic mass is 10.1. The third kappa shape index (κ3) is 4.95. The normalized spacial score (nSPS) is 11.3. The van der Waals surface area contributed by atoms with E-state index in [2.05, 4.69) is 17.2 Å². The molecule has 1 aromatic carbocycles. The molecule has 0 spiro atoms. The van der Waals surface area contributed by atoms with Crippen molar-refractivity contribution in [3.63, 3.8) is 0 Å². The van der Waals surface area contributed by atoms with Gasteiger partial charge < -0.3 is 11.1 Å². The molecule has 0 saturated heterocycles. The summed E-state index contributed by atoms with van der Waals surface area (Å²) < 4.78 is 0. The van der Waals surface area contributed by atoms with Crippen LogP contribution in [-0.2, 0) is 6.42 Å². The summed E-state index contributed by atoms with van der Waals surface area (Å²) in [5, 5.41) is 5.63. The second-order valence-electron chi connectivity index (χ2n) is 7.35. The van der Waals surface area contributed by atoms with E-state index >= 15 is 0 Å². The molecule has 5 nitrogen and oxygen atoms in total. The van der Waals surface area contributed by atoms with Gasteiger partial charge in [0.05, 0.1) is 5.69 Å². The number of aromatic nitrogens is 1. The van der Waals surface area contributed by atoms with E-state index in [-0.39, 0.29) is 11.7 Å². The first-order valence-corrected chi connectivity index (χ1v) is 12.1. The Morgan fingerprint density at radius 3 is 2.66 bits per heavy atom. The number of carbonyl (C=O) groups excluding carboxylic acids is 2. The largest absolute Gasteiger partial charge is 0.397 e. The third-order valence-electron chi connectivity index (χ3n) is 5.01. The summed E-state index contributed by atoms with van der Waals surface area (Å²) in [6, 6.07) is 14.7. The van der Waals surface area contributed by atoms with Crippen LogP contribution < -0.4 is 11.1 Å². The Labute approximate surface area is 194 Å². The molecule has 1 amide bonds. The molecular formula is C25H23N3O2S2. The Hall–Kier alpha value is -3.29. The molecule has 162 valence electrons. The van der Waals surface area contributed by atoms with Gasteiger partial charge in [0.2, 0.25) is 0 Å². The van der Waals surface area contributed by atoms with E-state index in [1.54, 1.807) is 47.8 Å². The molecule has 0 radical (unpaired) electrons. The van der Waals surface area contributed by atoms with Gasteiger partial charge in [-0.1, -0.05) is 19.4 Å². The maximum absolute atomic E-state index is 12.8. The first-order chi connectivity index (χ1) is 15.5. The number of hydrogen-bond donors (Lipinski definition) is 2. The zero-order chi connectivity index (χ0) is 22.5. The maximum atomic E-state index is 12.8. The number of nitrogens with one attached hydrogen (secondary N) is 1. The number of aryl methyl sites for hydroxylation is 1. The number of hydrogen-bond acceptors (Lipinski definition) is 6. The van der Waals surface area contributed by atoms with Gasteiger partial charge in [-0.25, -0.2) is 4.98 Å². The van der Waals surface area contributed by atoms with Crippen LogP contribution in [0, 0.1) is 0 Å². The minimum absolute atomic E-state index is 0.0880. The number of thiophene rings is 2. The van der Waals surface area contributed by atoms with Crippen molar-refractivity contribution in [2.45, 2.75) is 26.2 Å². The highest BCUT2D eigenvalue weighted by molar-refractivity contribution is 7.21. The molecule has 7 heteroatoms. The maximum Gasteiger partial charge on any atom is 0.267 e. The number of ketones is 1. The van der Waals surface area contributed by atoms with E-state index in [9.17, 15) is 9.59 Å². The second-order valence-corrected chi connectivity index (χ2v) is 9.33. The Morgan fingerprint density at radius 1 is 1.12 bits per heavy atom. The quantitative estimate of drug-likeness (QED) is 0.234. The molecule has 0 aliphatic carbocycles. The van der Waals surface area contributed by atoms with E-state index < -0.39 is 0 Å². The summed E-state index contributed by atoms with van der Waals surface area (Å²) in [6.07, 6.45) is 6.46. The predicted molar refractivity (Wildman–Crippen MR) is 135 cm³/mol. The summed E-state index contributed by atoms with van der Waals surface area (Å²) >= 11 is 2.88. The van der Waals surface area contributed by atoms with Gasteiger partial charge in [-0.05, 0) is 72.8 Å². The van der Waals surface area contributed by atoms with E-state index in [0.717, 1.165) is 40.1 Å². The zero-order valence-electron chi connectivity index (χ0n) is 17.6. The molecule has 0 fully saturated rings. The van der Waals surface area contributed by atoms with Crippen molar-refractivity contribution in [1.29, 1.82) is 0 Å². The van der Waals surface area contributed by atoms with Crippen molar-refractivity contribution in [2.24, 2.45) is 0 Å². The van der Waals surface area contributed by atoms with Crippen LogP contribution >= 0.6 is 22.7 Å². The number of pyridine rings is 1. The first kappa shape index (κ1) is 21.9. The summed E-state index contributed by atoms with van der Waals surface area (Å²) in [6.45, 7) is 2.15. The summed E-state index contributed by atoms with van der Waals surface area (Å²) in [5.41, 5.74) is 8.86. The highest BCUT2D eigenvalue weighted by atomic mass is 32.1. The van der Waals surface area contributed by atoms with Crippen LogP contribution in [0.4, 0.5) is 11.4 Å². The lowest BCUT2D eigenvalue weighted by Gasteiger charge is -2.05. The fourth-order valence-corrected chi connectivity index (χ4v) is 4.87. The molecule has 0 saturated carbocycles. The number of nitrogens with two attached hydrogens (primary N) is 1. The number of unbranched alkanes of at least 4 members (excludes halogenated alkanes) is 1. The van der Waals surface area contributed by atoms with Gasteiger partial charge in [-0.3, -0.25) is 9.59 Å². The van der Waals surface area contributed by atoms with Crippen molar-refractivity contribution in [3.8, 4) is 0 Å². The summed E-state index contributed by atoms with van der Waals surface area (Å²) in [7, 11) is 0. The minimum atomic E-state index is -0.280. The number of rotatable bonds is 8. The molecule has 3 heterocycles. The number of nitrogens with zero attached hydrogens (tertiary/aromatic N) is 1. The molecule has 0 bridgehead atoms. The first-order valence-electron chi connectivity index (χ1n) is 10.4. The molecule has 4 aromatic rings. The number of amides is 1. The number of nitrogen functional groups attached to an aromatic ring is 1. The molecule has 32 heavy (non-hydrogen) atoms. The van der Waals surface area contributed by atoms with Gasteiger partial charge in [-0.15, -0.1) is 22.7 Å². The monoisotopic (exact) mass is 461 g/mol. The fraction of sp³-hybridized carbons (Fsp3) is 0.160. The Balaban J connectivity index is 1.46. The van der Waals surface area contributed by atoms with Gasteiger partial charge in [0.25, 0.3) is 5.91 Å². The molecule has 3 aromatic heterocycles. The van der Waals surface area contributed by atoms with Gasteiger partial charge in [0, 0.05) is 27.2 Å². The molecule has 4 rings (SSSR count). The van der Waals surface area contributed by atoms with Gasteiger partial charge >= 0.3 is 0 Å². The summed E-state index contributed by atoms with van der Waals surface area (Å²) in [5.74, 6) is -0.368. The van der Waals surface area contributed by atoms with E-state index in [4.69, 9.17) is 5.73 Å². The van der Waals surface area contributed by atoms with E-state index in [1.807, 2.05) is 29.6 Å². The lowest BCUT2D eigenvalue weighted by molar-refractivity contribution is 0.102. The van der Waals surface area contributed by atoms with Crippen molar-refractivity contribution in [2.75, 3.05) is 11.1 Å². The van der Waals surface area contributed by atoms with Crippen molar-refractivity contribution < 1.29 is 9.59 Å². The second kappa shape index (κ2) is 9.89. The van der Waals surface area contributed by atoms with Gasteiger partial charge in [0.15, 0.2) is 5.78 Å². The Bertz CT molecular complexity index is 1270. The minimum Gasteiger partial charge on any atom is -0.397 e. The van der Waals surface area contributed by atoms with Gasteiger partial charge in [-0.2, -0.15) is 0 Å². The van der Waals surface area contributed by atoms with Crippen LogP contribution in [-0.4, -0.2) is 16.7 Å². The molecular weight excluding hydrogens is 438 g/mol. The highest BCUT2D eigenvalue weighted by Gasteiger charge is 2.18. The topological polar surface area (TPSA) is 85.1 Å².